The van der Waals surface area contributed by atoms with E-state index in [2.05, 4.69) is 37.7 Å². The fourth-order valence-corrected chi connectivity index (χ4v) is 2.90. The Labute approximate surface area is 152 Å². The monoisotopic (exact) mass is 357 g/mol. The molecule has 1 saturated heterocycles. The van der Waals surface area contributed by atoms with Gasteiger partial charge in [-0.2, -0.15) is 0 Å². The maximum absolute atomic E-state index is 12.0. The van der Waals surface area contributed by atoms with Gasteiger partial charge in [0.1, 0.15) is 5.69 Å². The Balaban J connectivity index is 1.65. The van der Waals surface area contributed by atoms with Gasteiger partial charge in [-0.3, -0.25) is 4.79 Å². The molecule has 0 saturated carbocycles. The molecule has 1 amide bonds. The van der Waals surface area contributed by atoms with Gasteiger partial charge in [-0.25, -0.2) is 9.97 Å². The summed E-state index contributed by atoms with van der Waals surface area (Å²) in [5, 5.41) is 3.46. The summed E-state index contributed by atoms with van der Waals surface area (Å²) in [6.07, 6.45) is 3.25. The highest BCUT2D eigenvalue weighted by atomic mass is 35.5. The van der Waals surface area contributed by atoms with Crippen molar-refractivity contribution in [2.45, 2.75) is 0 Å². The lowest BCUT2D eigenvalue weighted by Gasteiger charge is -2.36. The minimum absolute atomic E-state index is 0.221. The predicted octanol–water partition coefficient (Wildman–Crippen LogP) is 2.37. The number of hydrogen-bond acceptors (Lipinski definition) is 5. The number of carbonyl (C=O) groups excluding carboxylic acids is 1. The average Bonchev–Trinajstić information content (AvgIpc) is 2.66. The van der Waals surface area contributed by atoms with Crippen LogP contribution in [0, 0.1) is 0 Å². The summed E-state index contributed by atoms with van der Waals surface area (Å²) in [5.41, 5.74) is 1.48. The number of nitrogens with one attached hydrogen (secondary N) is 1. The van der Waals surface area contributed by atoms with Gasteiger partial charge < -0.3 is 15.1 Å². The number of piperazine rings is 1. The van der Waals surface area contributed by atoms with Crippen molar-refractivity contribution in [2.75, 3.05) is 42.5 Å². The summed E-state index contributed by atoms with van der Waals surface area (Å²) in [4.78, 5) is 25.1. The largest absolute Gasteiger partial charge is 0.368 e. The number of aromatic nitrogens is 2. The van der Waals surface area contributed by atoms with Crippen LogP contribution in [0.1, 0.15) is 10.5 Å². The number of hydrogen-bond donors (Lipinski definition) is 1. The molecule has 0 bridgehead atoms. The van der Waals surface area contributed by atoms with E-state index in [1.165, 1.54) is 0 Å². The highest BCUT2D eigenvalue weighted by molar-refractivity contribution is 6.30. The number of nitrogens with zero attached hydrogens (tertiary/aromatic N) is 4. The Morgan fingerprint density at radius 3 is 2.72 bits per heavy atom. The number of anilines is 2. The van der Waals surface area contributed by atoms with E-state index in [-0.39, 0.29) is 5.91 Å². The van der Waals surface area contributed by atoms with E-state index in [0.29, 0.717) is 18.2 Å². The van der Waals surface area contributed by atoms with Crippen LogP contribution in [-0.2, 0) is 0 Å². The zero-order valence-corrected chi connectivity index (χ0v) is 14.6. The predicted molar refractivity (Wildman–Crippen MR) is 100 cm³/mol. The van der Waals surface area contributed by atoms with Crippen molar-refractivity contribution < 1.29 is 4.79 Å². The van der Waals surface area contributed by atoms with Gasteiger partial charge >= 0.3 is 0 Å². The number of halogens is 1. The van der Waals surface area contributed by atoms with Crippen LogP contribution in [0.25, 0.3) is 0 Å². The fraction of sp³-hybridized carbons (Fsp3) is 0.278. The third-order valence-electron chi connectivity index (χ3n) is 4.02. The normalized spacial score (nSPS) is 14.3. The maximum Gasteiger partial charge on any atom is 0.270 e. The summed E-state index contributed by atoms with van der Waals surface area (Å²) in [7, 11) is 0. The molecule has 130 valence electrons. The van der Waals surface area contributed by atoms with Gasteiger partial charge in [0.25, 0.3) is 5.91 Å². The van der Waals surface area contributed by atoms with Crippen molar-refractivity contribution in [1.82, 2.24) is 15.3 Å². The van der Waals surface area contributed by atoms with Crippen LogP contribution in [0.4, 0.5) is 11.6 Å². The van der Waals surface area contributed by atoms with Crippen LogP contribution in [0.3, 0.4) is 0 Å². The summed E-state index contributed by atoms with van der Waals surface area (Å²) in [5.74, 6) is 0.359. The van der Waals surface area contributed by atoms with Gasteiger partial charge in [-0.15, -0.1) is 6.58 Å². The van der Waals surface area contributed by atoms with Crippen LogP contribution < -0.4 is 15.1 Å². The zero-order chi connectivity index (χ0) is 17.6. The van der Waals surface area contributed by atoms with Crippen LogP contribution in [-0.4, -0.2) is 48.6 Å². The first kappa shape index (κ1) is 17.2. The van der Waals surface area contributed by atoms with Gasteiger partial charge in [0.15, 0.2) is 0 Å². The molecule has 0 atom stereocenters. The molecule has 2 aromatic rings. The Hall–Kier alpha value is -2.60. The van der Waals surface area contributed by atoms with Crippen molar-refractivity contribution in [3.05, 3.63) is 59.9 Å². The van der Waals surface area contributed by atoms with E-state index in [0.717, 1.165) is 36.9 Å². The highest BCUT2D eigenvalue weighted by Crippen LogP contribution is 2.21. The second-order valence-corrected chi connectivity index (χ2v) is 6.13. The van der Waals surface area contributed by atoms with E-state index in [1.807, 2.05) is 18.2 Å². The van der Waals surface area contributed by atoms with E-state index < -0.39 is 0 Å². The molecule has 1 aromatic carbocycles. The van der Waals surface area contributed by atoms with Gasteiger partial charge in [-0.1, -0.05) is 23.7 Å². The molecule has 0 aliphatic carbocycles. The fourth-order valence-electron chi connectivity index (χ4n) is 2.72. The minimum Gasteiger partial charge on any atom is -0.368 e. The topological polar surface area (TPSA) is 61.4 Å². The van der Waals surface area contributed by atoms with E-state index in [1.54, 1.807) is 18.3 Å². The lowest BCUT2D eigenvalue weighted by atomic mass is 10.2. The Morgan fingerprint density at radius 1 is 1.24 bits per heavy atom. The van der Waals surface area contributed by atoms with Gasteiger partial charge in [0.05, 0.1) is 0 Å². The lowest BCUT2D eigenvalue weighted by Crippen LogP contribution is -2.47. The van der Waals surface area contributed by atoms with Crippen LogP contribution in [0.2, 0.25) is 5.02 Å². The summed E-state index contributed by atoms with van der Waals surface area (Å²) < 4.78 is 0. The first-order valence-electron chi connectivity index (χ1n) is 8.15. The quantitative estimate of drug-likeness (QED) is 0.832. The number of amides is 1. The van der Waals surface area contributed by atoms with E-state index in [9.17, 15) is 4.79 Å². The zero-order valence-electron chi connectivity index (χ0n) is 13.9. The van der Waals surface area contributed by atoms with Gasteiger partial charge in [-0.05, 0) is 24.3 Å². The molecular weight excluding hydrogens is 338 g/mol. The number of rotatable bonds is 5. The molecule has 2 heterocycles. The van der Waals surface area contributed by atoms with Crippen molar-refractivity contribution in [2.24, 2.45) is 0 Å². The van der Waals surface area contributed by atoms with Crippen molar-refractivity contribution in [1.29, 1.82) is 0 Å². The average molecular weight is 358 g/mol. The molecule has 1 aliphatic rings. The smallest absolute Gasteiger partial charge is 0.270 e. The summed E-state index contributed by atoms with van der Waals surface area (Å²) in [6, 6.07) is 9.47. The van der Waals surface area contributed by atoms with E-state index in [4.69, 9.17) is 11.6 Å². The molecule has 0 unspecified atom stereocenters. The van der Waals surface area contributed by atoms with Crippen LogP contribution in [0.5, 0.6) is 0 Å². The molecule has 25 heavy (non-hydrogen) atoms. The third-order valence-corrected chi connectivity index (χ3v) is 4.25. The van der Waals surface area contributed by atoms with Gasteiger partial charge in [0.2, 0.25) is 5.95 Å². The molecule has 1 fully saturated rings. The third kappa shape index (κ3) is 4.28. The number of benzene rings is 1. The molecule has 3 rings (SSSR count). The number of carbonyl (C=O) groups is 1. The van der Waals surface area contributed by atoms with Crippen molar-refractivity contribution in [3.8, 4) is 0 Å². The summed E-state index contributed by atoms with van der Waals surface area (Å²) >= 11 is 6.07. The Morgan fingerprint density at radius 2 is 2.00 bits per heavy atom. The first-order chi connectivity index (χ1) is 12.2. The Kier molecular flexibility index (Phi) is 5.50. The first-order valence-corrected chi connectivity index (χ1v) is 8.53. The minimum atomic E-state index is -0.221. The molecule has 1 aliphatic heterocycles. The van der Waals surface area contributed by atoms with Crippen molar-refractivity contribution in [3.63, 3.8) is 0 Å². The molecule has 1 N–H and O–H groups in total. The molecule has 0 radical (unpaired) electrons. The van der Waals surface area contributed by atoms with Crippen molar-refractivity contribution >= 4 is 29.1 Å². The summed E-state index contributed by atoms with van der Waals surface area (Å²) in [6.45, 7) is 7.25. The highest BCUT2D eigenvalue weighted by Gasteiger charge is 2.20. The molecular formula is C18H20ClN5O. The van der Waals surface area contributed by atoms with Gasteiger partial charge in [0, 0.05) is 49.6 Å². The molecule has 6 nitrogen and oxygen atoms in total. The SMILES string of the molecule is C=CCNC(=O)c1ccnc(N2CCN(c3cccc(Cl)c3)CC2)n1. The second-order valence-electron chi connectivity index (χ2n) is 5.69. The van der Waals surface area contributed by atoms with Crippen LogP contribution >= 0.6 is 11.6 Å². The molecule has 7 heteroatoms. The van der Waals surface area contributed by atoms with E-state index >= 15 is 0 Å². The standard InChI is InChI=1S/C18H20ClN5O/c1-2-7-20-17(25)16-6-8-21-18(22-16)24-11-9-23(10-12-24)15-5-3-4-14(19)13-15/h2-6,8,13H,1,7,9-12H2,(H,20,25). The lowest BCUT2D eigenvalue weighted by molar-refractivity contribution is 0.0953. The second kappa shape index (κ2) is 7.98. The Bertz CT molecular complexity index is 759. The molecule has 0 spiro atoms. The molecule has 1 aromatic heterocycles. The maximum atomic E-state index is 12.0. The van der Waals surface area contributed by atoms with Crippen LogP contribution in [0.15, 0.2) is 49.2 Å².